The molecular formula is C27H23ClN6O2. The summed E-state index contributed by atoms with van der Waals surface area (Å²) < 4.78 is 1.65. The molecule has 3 aromatic carbocycles. The van der Waals surface area contributed by atoms with Gasteiger partial charge in [0.15, 0.2) is 5.65 Å². The second-order valence-corrected chi connectivity index (χ2v) is 9.37. The Morgan fingerprint density at radius 1 is 0.944 bits per heavy atom. The smallest absolute Gasteiger partial charge is 0.281 e. The van der Waals surface area contributed by atoms with Gasteiger partial charge in [-0.1, -0.05) is 54.1 Å². The number of halogens is 1. The molecular weight excluding hydrogens is 476 g/mol. The molecule has 0 radical (unpaired) electrons. The molecule has 1 saturated heterocycles. The van der Waals surface area contributed by atoms with E-state index in [1.165, 1.54) is 5.56 Å². The third kappa shape index (κ3) is 4.14. The van der Waals surface area contributed by atoms with E-state index in [2.05, 4.69) is 32.3 Å². The fraction of sp³-hybridized carbons (Fsp3) is 0.185. The van der Waals surface area contributed by atoms with Crippen LogP contribution in [0, 0.1) is 0 Å². The zero-order chi connectivity index (χ0) is 24.6. The lowest BCUT2D eigenvalue weighted by molar-refractivity contribution is 0.0628. The van der Waals surface area contributed by atoms with E-state index in [9.17, 15) is 9.59 Å². The van der Waals surface area contributed by atoms with Gasteiger partial charge >= 0.3 is 0 Å². The Bertz CT molecular complexity index is 1620. The van der Waals surface area contributed by atoms with Crippen LogP contribution in [-0.4, -0.2) is 61.7 Å². The van der Waals surface area contributed by atoms with Crippen molar-refractivity contribution in [3.8, 4) is 11.3 Å². The second kappa shape index (κ2) is 9.22. The summed E-state index contributed by atoms with van der Waals surface area (Å²) >= 11 is 6.01. The number of aromatic amines is 1. The summed E-state index contributed by atoms with van der Waals surface area (Å²) in [4.78, 5) is 34.6. The number of aromatic nitrogens is 4. The zero-order valence-electron chi connectivity index (χ0n) is 19.4. The lowest BCUT2D eigenvalue weighted by Crippen LogP contribution is -2.48. The summed E-state index contributed by atoms with van der Waals surface area (Å²) in [6, 6.07) is 22.6. The Labute approximate surface area is 211 Å². The van der Waals surface area contributed by atoms with Crippen LogP contribution in [0.4, 0.5) is 0 Å². The number of benzene rings is 3. The Hall–Kier alpha value is -4.01. The van der Waals surface area contributed by atoms with E-state index in [-0.39, 0.29) is 11.5 Å². The molecule has 0 unspecified atom stereocenters. The molecule has 2 aromatic heterocycles. The number of carbonyl (C=O) groups excluding carboxylic acids is 1. The zero-order valence-corrected chi connectivity index (χ0v) is 20.2. The van der Waals surface area contributed by atoms with Crippen LogP contribution in [-0.2, 0) is 6.54 Å². The molecule has 0 bridgehead atoms. The predicted molar refractivity (Wildman–Crippen MR) is 139 cm³/mol. The number of piperazine rings is 1. The van der Waals surface area contributed by atoms with Crippen LogP contribution in [0.2, 0.25) is 5.02 Å². The summed E-state index contributed by atoms with van der Waals surface area (Å²) in [6.07, 6.45) is 0. The number of amides is 1. The molecule has 36 heavy (non-hydrogen) atoms. The minimum atomic E-state index is -0.366. The van der Waals surface area contributed by atoms with E-state index in [4.69, 9.17) is 11.6 Å². The van der Waals surface area contributed by atoms with Gasteiger partial charge in [-0.3, -0.25) is 14.5 Å². The molecule has 5 aromatic rings. The second-order valence-electron chi connectivity index (χ2n) is 8.93. The van der Waals surface area contributed by atoms with E-state index in [1.54, 1.807) is 34.8 Å². The molecule has 9 heteroatoms. The first kappa shape index (κ1) is 22.5. The fourth-order valence-corrected chi connectivity index (χ4v) is 4.82. The van der Waals surface area contributed by atoms with Gasteiger partial charge in [-0.2, -0.15) is 10.1 Å². The van der Waals surface area contributed by atoms with E-state index in [1.807, 2.05) is 35.2 Å². The average Bonchev–Trinajstić information content (AvgIpc) is 3.33. The molecule has 1 N–H and O–H groups in total. The van der Waals surface area contributed by atoms with Gasteiger partial charge in [-0.05, 0) is 35.9 Å². The largest absolute Gasteiger partial charge is 0.336 e. The van der Waals surface area contributed by atoms with Crippen molar-refractivity contribution in [1.29, 1.82) is 0 Å². The molecule has 6 rings (SSSR count). The number of hydrogen-bond donors (Lipinski definition) is 1. The van der Waals surface area contributed by atoms with Crippen LogP contribution in [0.25, 0.3) is 27.8 Å². The number of rotatable bonds is 4. The monoisotopic (exact) mass is 498 g/mol. The van der Waals surface area contributed by atoms with Gasteiger partial charge in [0.25, 0.3) is 11.5 Å². The number of nitrogens with zero attached hydrogens (tertiary/aromatic N) is 5. The standard InChI is InChI=1S/C27H23ClN6O2/c28-21-9-6-19(7-10-21)24-25-29-26(35)22-11-8-20(16-23(22)34(25)31-30-24)27(36)33-14-12-32(13-15-33)17-18-4-2-1-3-5-18/h1-11,16,31H,12-15,17H2. The molecule has 0 saturated carbocycles. The summed E-state index contributed by atoms with van der Waals surface area (Å²) in [5.74, 6) is -0.0493. The van der Waals surface area contributed by atoms with E-state index in [0.717, 1.165) is 25.2 Å². The van der Waals surface area contributed by atoms with Crippen molar-refractivity contribution in [3.63, 3.8) is 0 Å². The molecule has 8 nitrogen and oxygen atoms in total. The van der Waals surface area contributed by atoms with Gasteiger partial charge in [0.1, 0.15) is 5.69 Å². The minimum Gasteiger partial charge on any atom is -0.336 e. The maximum atomic E-state index is 13.4. The van der Waals surface area contributed by atoms with Crippen molar-refractivity contribution >= 4 is 34.1 Å². The molecule has 1 fully saturated rings. The van der Waals surface area contributed by atoms with Crippen molar-refractivity contribution in [3.05, 3.63) is 99.3 Å². The highest BCUT2D eigenvalue weighted by Gasteiger charge is 2.23. The normalized spacial score (nSPS) is 14.5. The molecule has 0 spiro atoms. The lowest BCUT2D eigenvalue weighted by atomic mass is 10.1. The van der Waals surface area contributed by atoms with E-state index >= 15 is 0 Å². The predicted octanol–water partition coefficient (Wildman–Crippen LogP) is 3.85. The Morgan fingerprint density at radius 3 is 2.44 bits per heavy atom. The number of hydrogen-bond acceptors (Lipinski definition) is 5. The van der Waals surface area contributed by atoms with Gasteiger partial charge in [-0.25, -0.2) is 9.73 Å². The summed E-state index contributed by atoms with van der Waals surface area (Å²) in [5, 5.41) is 8.36. The number of carbonyl (C=O) groups is 1. The maximum Gasteiger partial charge on any atom is 0.281 e. The number of fused-ring (bicyclic) bond motifs is 3. The van der Waals surface area contributed by atoms with Crippen molar-refractivity contribution in [1.82, 2.24) is 29.6 Å². The molecule has 3 heterocycles. The third-order valence-corrected chi connectivity index (χ3v) is 6.89. The van der Waals surface area contributed by atoms with Crippen LogP contribution < -0.4 is 5.56 Å². The highest BCUT2D eigenvalue weighted by atomic mass is 35.5. The highest BCUT2D eigenvalue weighted by Crippen LogP contribution is 2.24. The average molecular weight is 499 g/mol. The summed E-state index contributed by atoms with van der Waals surface area (Å²) in [5.41, 5.74) is 3.71. The molecule has 0 aliphatic carbocycles. The quantitative estimate of drug-likeness (QED) is 0.407. The first-order chi connectivity index (χ1) is 17.6. The number of nitrogens with one attached hydrogen (secondary N) is 1. The Kier molecular flexibility index (Phi) is 5.75. The highest BCUT2D eigenvalue weighted by molar-refractivity contribution is 6.30. The van der Waals surface area contributed by atoms with Crippen molar-refractivity contribution in [2.45, 2.75) is 6.54 Å². The minimum absolute atomic E-state index is 0.0493. The van der Waals surface area contributed by atoms with Crippen LogP contribution in [0.1, 0.15) is 15.9 Å². The molecule has 1 amide bonds. The van der Waals surface area contributed by atoms with Gasteiger partial charge in [0, 0.05) is 48.9 Å². The van der Waals surface area contributed by atoms with Gasteiger partial charge < -0.3 is 4.90 Å². The van der Waals surface area contributed by atoms with Crippen molar-refractivity contribution < 1.29 is 4.79 Å². The van der Waals surface area contributed by atoms with Crippen LogP contribution >= 0.6 is 11.6 Å². The van der Waals surface area contributed by atoms with Crippen LogP contribution in [0.5, 0.6) is 0 Å². The number of H-pyrrole nitrogens is 1. The lowest BCUT2D eigenvalue weighted by Gasteiger charge is -2.34. The van der Waals surface area contributed by atoms with Crippen LogP contribution in [0.3, 0.4) is 0 Å². The topological polar surface area (TPSA) is 86.6 Å². The van der Waals surface area contributed by atoms with Crippen LogP contribution in [0.15, 0.2) is 77.6 Å². The fourth-order valence-electron chi connectivity index (χ4n) is 4.70. The van der Waals surface area contributed by atoms with Gasteiger partial charge in [-0.15, -0.1) is 0 Å². The first-order valence-corrected chi connectivity index (χ1v) is 12.2. The Balaban J connectivity index is 1.27. The molecule has 0 atom stereocenters. The Morgan fingerprint density at radius 2 is 1.69 bits per heavy atom. The third-order valence-electron chi connectivity index (χ3n) is 6.64. The van der Waals surface area contributed by atoms with E-state index in [0.29, 0.717) is 45.9 Å². The maximum absolute atomic E-state index is 13.4. The summed E-state index contributed by atoms with van der Waals surface area (Å²) in [6.45, 7) is 3.81. The van der Waals surface area contributed by atoms with Crippen molar-refractivity contribution in [2.24, 2.45) is 0 Å². The SMILES string of the molecule is O=C(c1ccc2c(=O)nc3c(-c4ccc(Cl)cc4)n[nH]n3c2c1)N1CCN(Cc2ccccc2)CC1. The van der Waals surface area contributed by atoms with Crippen molar-refractivity contribution in [2.75, 3.05) is 26.2 Å². The summed E-state index contributed by atoms with van der Waals surface area (Å²) in [7, 11) is 0. The first-order valence-electron chi connectivity index (χ1n) is 11.8. The van der Waals surface area contributed by atoms with E-state index < -0.39 is 0 Å². The molecule has 180 valence electrons. The molecule has 1 aliphatic rings. The molecule has 1 aliphatic heterocycles. The van der Waals surface area contributed by atoms with Gasteiger partial charge in [0.2, 0.25) is 0 Å². The van der Waals surface area contributed by atoms with Gasteiger partial charge in [0.05, 0.1) is 10.9 Å².